The lowest BCUT2D eigenvalue weighted by Gasteiger charge is -2.13. The standard InChI is InChI=1S/C19H16N4O2/c1-13-5-4-8-16(20-13)17-9-10-22(21-17)11-12-23-18(24)14-6-2-3-7-15(14)19(23)25/h2-10H,11-12H2,1H3. The fourth-order valence-electron chi connectivity index (χ4n) is 2.95. The van der Waals surface area contributed by atoms with Crippen molar-refractivity contribution in [2.75, 3.05) is 6.54 Å². The lowest BCUT2D eigenvalue weighted by Crippen LogP contribution is -2.33. The number of fused-ring (bicyclic) bond motifs is 1. The highest BCUT2D eigenvalue weighted by Gasteiger charge is 2.34. The minimum absolute atomic E-state index is 0.242. The summed E-state index contributed by atoms with van der Waals surface area (Å²) in [6.07, 6.45) is 1.83. The van der Waals surface area contributed by atoms with Crippen molar-refractivity contribution in [2.24, 2.45) is 0 Å². The highest BCUT2D eigenvalue weighted by Crippen LogP contribution is 2.22. The number of carbonyl (C=O) groups is 2. The number of pyridine rings is 1. The molecule has 2 aromatic heterocycles. The summed E-state index contributed by atoms with van der Waals surface area (Å²) in [6, 6.07) is 14.6. The van der Waals surface area contributed by atoms with Crippen LogP contribution in [0.25, 0.3) is 11.4 Å². The topological polar surface area (TPSA) is 68.1 Å². The van der Waals surface area contributed by atoms with Crippen molar-refractivity contribution in [1.82, 2.24) is 19.7 Å². The molecule has 0 radical (unpaired) electrons. The fraction of sp³-hybridized carbons (Fsp3) is 0.158. The third kappa shape index (κ3) is 2.71. The summed E-state index contributed by atoms with van der Waals surface area (Å²) in [5.41, 5.74) is 3.44. The van der Waals surface area contributed by atoms with E-state index in [0.29, 0.717) is 17.7 Å². The summed E-state index contributed by atoms with van der Waals surface area (Å²) in [5.74, 6) is -0.485. The number of aromatic nitrogens is 3. The van der Waals surface area contributed by atoms with Gasteiger partial charge in [-0.05, 0) is 37.3 Å². The maximum absolute atomic E-state index is 12.4. The zero-order valence-electron chi connectivity index (χ0n) is 13.7. The second-order valence-corrected chi connectivity index (χ2v) is 5.94. The Hall–Kier alpha value is -3.28. The SMILES string of the molecule is Cc1cccc(-c2ccn(CCN3C(=O)c4ccccc4C3=O)n2)n1. The Morgan fingerprint density at radius 2 is 1.56 bits per heavy atom. The normalized spacial score (nSPS) is 13.4. The number of carbonyl (C=O) groups excluding carboxylic acids is 2. The summed E-state index contributed by atoms with van der Waals surface area (Å²) >= 11 is 0. The zero-order valence-corrected chi connectivity index (χ0v) is 13.7. The Morgan fingerprint density at radius 1 is 0.840 bits per heavy atom. The molecule has 3 aromatic rings. The van der Waals surface area contributed by atoms with Gasteiger partial charge in [0.2, 0.25) is 0 Å². The average Bonchev–Trinajstić information content (AvgIpc) is 3.18. The van der Waals surface area contributed by atoms with E-state index >= 15 is 0 Å². The second kappa shape index (κ2) is 5.98. The van der Waals surface area contributed by atoms with Gasteiger partial charge >= 0.3 is 0 Å². The van der Waals surface area contributed by atoms with Crippen molar-refractivity contribution >= 4 is 11.8 Å². The molecule has 6 heteroatoms. The predicted molar refractivity (Wildman–Crippen MR) is 92.0 cm³/mol. The van der Waals surface area contributed by atoms with Crippen molar-refractivity contribution in [3.63, 3.8) is 0 Å². The molecule has 0 spiro atoms. The molecule has 4 rings (SSSR count). The van der Waals surface area contributed by atoms with Crippen LogP contribution in [0.2, 0.25) is 0 Å². The van der Waals surface area contributed by atoms with E-state index < -0.39 is 0 Å². The molecule has 0 fully saturated rings. The lowest BCUT2D eigenvalue weighted by atomic mass is 10.1. The third-order valence-corrected chi connectivity index (χ3v) is 4.22. The van der Waals surface area contributed by atoms with E-state index in [1.165, 1.54) is 4.90 Å². The zero-order chi connectivity index (χ0) is 17.4. The van der Waals surface area contributed by atoms with Gasteiger partial charge in [0, 0.05) is 18.4 Å². The first kappa shape index (κ1) is 15.3. The minimum Gasteiger partial charge on any atom is -0.272 e. The molecule has 0 saturated heterocycles. The number of amides is 2. The van der Waals surface area contributed by atoms with Crippen LogP contribution in [0.1, 0.15) is 26.4 Å². The van der Waals surface area contributed by atoms with Crippen molar-refractivity contribution in [3.05, 3.63) is 71.5 Å². The fourth-order valence-corrected chi connectivity index (χ4v) is 2.95. The maximum Gasteiger partial charge on any atom is 0.261 e. The van der Waals surface area contributed by atoms with E-state index in [0.717, 1.165) is 17.1 Å². The largest absolute Gasteiger partial charge is 0.272 e. The molecule has 0 bridgehead atoms. The molecule has 6 nitrogen and oxygen atoms in total. The third-order valence-electron chi connectivity index (χ3n) is 4.22. The second-order valence-electron chi connectivity index (χ2n) is 5.94. The van der Waals surface area contributed by atoms with Gasteiger partial charge in [-0.1, -0.05) is 18.2 Å². The highest BCUT2D eigenvalue weighted by molar-refractivity contribution is 6.21. The highest BCUT2D eigenvalue weighted by atomic mass is 16.2. The van der Waals surface area contributed by atoms with Crippen molar-refractivity contribution in [3.8, 4) is 11.4 Å². The number of hydrogen-bond acceptors (Lipinski definition) is 4. The Bertz CT molecular complexity index is 942. The van der Waals surface area contributed by atoms with E-state index in [1.54, 1.807) is 28.9 Å². The van der Waals surface area contributed by atoms with Crippen molar-refractivity contribution in [2.45, 2.75) is 13.5 Å². The molecular formula is C19H16N4O2. The maximum atomic E-state index is 12.4. The van der Waals surface area contributed by atoms with E-state index in [4.69, 9.17) is 0 Å². The smallest absolute Gasteiger partial charge is 0.261 e. The van der Waals surface area contributed by atoms with Gasteiger partial charge in [0.1, 0.15) is 5.69 Å². The monoisotopic (exact) mass is 332 g/mol. The molecule has 1 aliphatic heterocycles. The van der Waals surface area contributed by atoms with Gasteiger partial charge in [-0.15, -0.1) is 0 Å². The molecule has 0 atom stereocenters. The first-order valence-electron chi connectivity index (χ1n) is 8.06. The Labute approximate surface area is 144 Å². The predicted octanol–water partition coefficient (Wildman–Crippen LogP) is 2.55. The number of aryl methyl sites for hydroxylation is 1. The molecule has 25 heavy (non-hydrogen) atoms. The number of benzene rings is 1. The lowest BCUT2D eigenvalue weighted by molar-refractivity contribution is 0.0647. The molecule has 124 valence electrons. The number of nitrogens with zero attached hydrogens (tertiary/aromatic N) is 4. The Morgan fingerprint density at radius 3 is 2.24 bits per heavy atom. The van der Waals surface area contributed by atoms with Gasteiger partial charge in [-0.25, -0.2) is 0 Å². The average molecular weight is 332 g/mol. The first-order valence-corrected chi connectivity index (χ1v) is 8.06. The molecule has 0 N–H and O–H groups in total. The summed E-state index contributed by atoms with van der Waals surface area (Å²) in [4.78, 5) is 30.4. The van der Waals surface area contributed by atoms with Gasteiger partial charge < -0.3 is 0 Å². The van der Waals surface area contributed by atoms with E-state index in [2.05, 4.69) is 10.1 Å². The van der Waals surface area contributed by atoms with Crippen molar-refractivity contribution < 1.29 is 9.59 Å². The van der Waals surface area contributed by atoms with Crippen LogP contribution >= 0.6 is 0 Å². The number of rotatable bonds is 4. The van der Waals surface area contributed by atoms with Gasteiger partial charge in [-0.2, -0.15) is 5.10 Å². The molecular weight excluding hydrogens is 316 g/mol. The van der Waals surface area contributed by atoms with Crippen molar-refractivity contribution in [1.29, 1.82) is 0 Å². The van der Waals surface area contributed by atoms with Gasteiger partial charge in [0.05, 0.1) is 23.4 Å². The van der Waals surface area contributed by atoms with Crippen LogP contribution in [-0.2, 0) is 6.54 Å². The van der Waals surface area contributed by atoms with E-state index in [-0.39, 0.29) is 18.4 Å². The molecule has 0 saturated carbocycles. The molecule has 1 aliphatic rings. The summed E-state index contributed by atoms with van der Waals surface area (Å²) in [7, 11) is 0. The molecule has 1 aromatic carbocycles. The van der Waals surface area contributed by atoms with Gasteiger partial charge in [-0.3, -0.25) is 24.2 Å². The summed E-state index contributed by atoms with van der Waals surface area (Å²) < 4.78 is 1.73. The Kier molecular flexibility index (Phi) is 3.65. The first-order chi connectivity index (χ1) is 12.1. The number of imide groups is 1. The number of hydrogen-bond donors (Lipinski definition) is 0. The van der Waals surface area contributed by atoms with Crippen LogP contribution in [0.15, 0.2) is 54.7 Å². The van der Waals surface area contributed by atoms with Gasteiger partial charge in [0.15, 0.2) is 0 Å². The summed E-state index contributed by atoms with van der Waals surface area (Å²) in [6.45, 7) is 2.66. The molecule has 0 aliphatic carbocycles. The van der Waals surface area contributed by atoms with Crippen LogP contribution < -0.4 is 0 Å². The quantitative estimate of drug-likeness (QED) is 0.689. The molecule has 2 amide bonds. The van der Waals surface area contributed by atoms with Crippen LogP contribution in [0.4, 0.5) is 0 Å². The summed E-state index contributed by atoms with van der Waals surface area (Å²) in [5, 5.41) is 4.49. The van der Waals surface area contributed by atoms with E-state index in [1.807, 2.05) is 37.4 Å². The van der Waals surface area contributed by atoms with Crippen LogP contribution in [-0.4, -0.2) is 38.0 Å². The van der Waals surface area contributed by atoms with E-state index in [9.17, 15) is 9.59 Å². The minimum atomic E-state index is -0.242. The van der Waals surface area contributed by atoms with Crippen LogP contribution in [0, 0.1) is 6.92 Å². The molecule has 0 unspecified atom stereocenters. The Balaban J connectivity index is 1.48. The molecule has 3 heterocycles. The van der Waals surface area contributed by atoms with Crippen LogP contribution in [0.5, 0.6) is 0 Å². The van der Waals surface area contributed by atoms with Gasteiger partial charge in [0.25, 0.3) is 11.8 Å². The van der Waals surface area contributed by atoms with Crippen LogP contribution in [0.3, 0.4) is 0 Å².